The number of unbranched alkanes of at least 4 members (excludes halogenated alkanes) is 1. The maximum atomic E-state index is 5.28. The van der Waals surface area contributed by atoms with Crippen molar-refractivity contribution in [2.24, 2.45) is 0 Å². The lowest BCUT2D eigenvalue weighted by Crippen LogP contribution is -2.36. The number of aryl methyl sites for hydroxylation is 2. The fourth-order valence-corrected chi connectivity index (χ4v) is 2.76. The van der Waals surface area contributed by atoms with Gasteiger partial charge in [-0.3, -0.25) is 0 Å². The van der Waals surface area contributed by atoms with Crippen molar-refractivity contribution in [1.82, 2.24) is 15.6 Å². The topological polar surface area (TPSA) is 39.8 Å². The molecule has 2 aromatic rings. The highest BCUT2D eigenvalue weighted by molar-refractivity contribution is 7.80. The molecule has 3 N–H and O–H groups in total. The van der Waals surface area contributed by atoms with Gasteiger partial charge in [-0.2, -0.15) is 0 Å². The molecule has 0 bridgehead atoms. The lowest BCUT2D eigenvalue weighted by molar-refractivity contribution is 0.737. The van der Waals surface area contributed by atoms with E-state index in [1.807, 2.05) is 0 Å². The van der Waals surface area contributed by atoms with Crippen molar-refractivity contribution in [3.63, 3.8) is 0 Å². The average molecular weight is 303 g/mol. The summed E-state index contributed by atoms with van der Waals surface area (Å²) in [6.07, 6.45) is 3.32. The Balaban J connectivity index is 1.93. The second-order valence-electron chi connectivity index (χ2n) is 5.56. The predicted molar refractivity (Wildman–Crippen MR) is 95.0 cm³/mol. The fraction of sp³-hybridized carbons (Fsp3) is 0.471. The molecule has 2 rings (SSSR count). The molecule has 0 fully saturated rings. The van der Waals surface area contributed by atoms with Gasteiger partial charge in [-0.25, -0.2) is 0 Å². The van der Waals surface area contributed by atoms with E-state index in [0.29, 0.717) is 0 Å². The van der Waals surface area contributed by atoms with E-state index in [9.17, 15) is 0 Å². The number of rotatable bonds is 6. The van der Waals surface area contributed by atoms with Gasteiger partial charge in [0.25, 0.3) is 0 Å². The summed E-state index contributed by atoms with van der Waals surface area (Å²) in [4.78, 5) is 3.46. The number of fused-ring (bicyclic) bond motifs is 1. The minimum absolute atomic E-state index is 0.761. The van der Waals surface area contributed by atoms with E-state index < -0.39 is 0 Å². The Hall–Kier alpha value is -1.55. The maximum absolute atomic E-state index is 5.28. The van der Waals surface area contributed by atoms with Crippen LogP contribution in [0.15, 0.2) is 18.2 Å². The van der Waals surface area contributed by atoms with Crippen molar-refractivity contribution in [3.8, 4) is 0 Å². The zero-order chi connectivity index (χ0) is 15.2. The van der Waals surface area contributed by atoms with Crippen LogP contribution in [0.25, 0.3) is 10.9 Å². The highest BCUT2D eigenvalue weighted by Gasteiger charge is 2.08. The largest absolute Gasteiger partial charge is 0.363 e. The number of thiocarbonyl (C=S) groups is 1. The first kappa shape index (κ1) is 15.8. The van der Waals surface area contributed by atoms with Gasteiger partial charge in [-0.05, 0) is 56.6 Å². The molecule has 1 aromatic carbocycles. The molecule has 114 valence electrons. The van der Waals surface area contributed by atoms with Crippen molar-refractivity contribution >= 4 is 28.2 Å². The quantitative estimate of drug-likeness (QED) is 0.564. The molecule has 4 heteroatoms. The Morgan fingerprint density at radius 1 is 1.19 bits per heavy atom. The zero-order valence-electron chi connectivity index (χ0n) is 13.2. The molecule has 1 aromatic heterocycles. The third-order valence-corrected chi connectivity index (χ3v) is 4.04. The van der Waals surface area contributed by atoms with Gasteiger partial charge in [0.1, 0.15) is 0 Å². The standard InChI is InChI=1S/C17H25N3S/c1-4-5-9-18-17(21)19-10-8-14-13(3)20-16-7-6-12(2)11-15(14)16/h6-7,11,20H,4-5,8-10H2,1-3H3,(H2,18,19,21). The minimum atomic E-state index is 0.761. The monoisotopic (exact) mass is 303 g/mol. The van der Waals surface area contributed by atoms with Crippen LogP contribution in [0.2, 0.25) is 0 Å². The Bertz CT molecular complexity index is 616. The molecular formula is C17H25N3S. The first-order chi connectivity index (χ1) is 10.1. The van der Waals surface area contributed by atoms with Gasteiger partial charge < -0.3 is 15.6 Å². The van der Waals surface area contributed by atoms with Crippen molar-refractivity contribution in [1.29, 1.82) is 0 Å². The van der Waals surface area contributed by atoms with Gasteiger partial charge >= 0.3 is 0 Å². The number of aromatic nitrogens is 1. The summed E-state index contributed by atoms with van der Waals surface area (Å²) in [5, 5.41) is 8.62. The van der Waals surface area contributed by atoms with Gasteiger partial charge in [0, 0.05) is 29.7 Å². The molecular weight excluding hydrogens is 278 g/mol. The average Bonchev–Trinajstić information content (AvgIpc) is 2.75. The van der Waals surface area contributed by atoms with Gasteiger partial charge in [0.2, 0.25) is 0 Å². The van der Waals surface area contributed by atoms with E-state index in [0.717, 1.165) is 31.0 Å². The molecule has 0 radical (unpaired) electrons. The van der Waals surface area contributed by atoms with E-state index in [2.05, 4.69) is 54.6 Å². The number of benzene rings is 1. The first-order valence-electron chi connectivity index (χ1n) is 7.71. The van der Waals surface area contributed by atoms with Crippen molar-refractivity contribution in [2.75, 3.05) is 13.1 Å². The van der Waals surface area contributed by atoms with Gasteiger partial charge in [0.05, 0.1) is 0 Å². The normalized spacial score (nSPS) is 10.8. The number of nitrogens with one attached hydrogen (secondary N) is 3. The Kier molecular flexibility index (Phi) is 5.62. The summed E-state index contributed by atoms with van der Waals surface area (Å²) in [7, 11) is 0. The van der Waals surface area contributed by atoms with Crippen LogP contribution in [-0.4, -0.2) is 23.2 Å². The summed E-state index contributed by atoms with van der Waals surface area (Å²) in [5.41, 5.74) is 5.16. The highest BCUT2D eigenvalue weighted by atomic mass is 32.1. The van der Waals surface area contributed by atoms with Crippen LogP contribution < -0.4 is 10.6 Å². The second-order valence-corrected chi connectivity index (χ2v) is 5.97. The van der Waals surface area contributed by atoms with E-state index in [-0.39, 0.29) is 0 Å². The maximum Gasteiger partial charge on any atom is 0.166 e. The second kappa shape index (κ2) is 7.46. The molecule has 1 heterocycles. The third kappa shape index (κ3) is 4.21. The summed E-state index contributed by atoms with van der Waals surface area (Å²) >= 11 is 5.28. The molecule has 3 nitrogen and oxygen atoms in total. The molecule has 0 aliphatic rings. The van der Waals surface area contributed by atoms with E-state index in [1.165, 1.54) is 34.1 Å². The Morgan fingerprint density at radius 2 is 1.95 bits per heavy atom. The summed E-state index contributed by atoms with van der Waals surface area (Å²) < 4.78 is 0. The zero-order valence-corrected chi connectivity index (χ0v) is 14.0. The highest BCUT2D eigenvalue weighted by Crippen LogP contribution is 2.23. The summed E-state index contributed by atoms with van der Waals surface area (Å²) in [6, 6.07) is 6.56. The van der Waals surface area contributed by atoms with Crippen LogP contribution in [0.5, 0.6) is 0 Å². The predicted octanol–water partition coefficient (Wildman–Crippen LogP) is 3.59. The molecule has 0 atom stereocenters. The number of aromatic amines is 1. The summed E-state index contributed by atoms with van der Waals surface area (Å²) in [5.74, 6) is 0. The van der Waals surface area contributed by atoms with Crippen LogP contribution in [0.1, 0.15) is 36.6 Å². The van der Waals surface area contributed by atoms with E-state index in [1.54, 1.807) is 0 Å². The Labute approximate surface area is 132 Å². The van der Waals surface area contributed by atoms with Crippen LogP contribution in [0.3, 0.4) is 0 Å². The van der Waals surface area contributed by atoms with Gasteiger partial charge in [0.15, 0.2) is 5.11 Å². The molecule has 0 saturated heterocycles. The van der Waals surface area contributed by atoms with Crippen LogP contribution >= 0.6 is 12.2 Å². The fourth-order valence-electron chi connectivity index (χ4n) is 2.56. The van der Waals surface area contributed by atoms with Crippen LogP contribution in [0.4, 0.5) is 0 Å². The third-order valence-electron chi connectivity index (χ3n) is 3.75. The molecule has 0 saturated carbocycles. The van der Waals surface area contributed by atoms with Crippen molar-refractivity contribution in [3.05, 3.63) is 35.0 Å². The van der Waals surface area contributed by atoms with E-state index in [4.69, 9.17) is 12.2 Å². The lowest BCUT2D eigenvalue weighted by Gasteiger charge is -2.10. The van der Waals surface area contributed by atoms with Crippen LogP contribution in [0, 0.1) is 13.8 Å². The minimum Gasteiger partial charge on any atom is -0.363 e. The van der Waals surface area contributed by atoms with Gasteiger partial charge in [-0.1, -0.05) is 25.0 Å². The molecule has 0 unspecified atom stereocenters. The SMILES string of the molecule is CCCCNC(=S)NCCc1c(C)[nH]c2ccc(C)cc12. The number of hydrogen-bond acceptors (Lipinski definition) is 1. The van der Waals surface area contributed by atoms with Gasteiger partial charge in [-0.15, -0.1) is 0 Å². The molecule has 0 aliphatic carbocycles. The number of H-pyrrole nitrogens is 1. The molecule has 0 amide bonds. The summed E-state index contributed by atoms with van der Waals surface area (Å²) in [6.45, 7) is 8.27. The first-order valence-corrected chi connectivity index (χ1v) is 8.12. The molecule has 0 aliphatic heterocycles. The Morgan fingerprint density at radius 3 is 2.71 bits per heavy atom. The molecule has 0 spiro atoms. The van der Waals surface area contributed by atoms with Crippen LogP contribution in [-0.2, 0) is 6.42 Å². The van der Waals surface area contributed by atoms with Crippen molar-refractivity contribution < 1.29 is 0 Å². The van der Waals surface area contributed by atoms with E-state index >= 15 is 0 Å². The molecule has 21 heavy (non-hydrogen) atoms. The van der Waals surface area contributed by atoms with Crippen molar-refractivity contribution in [2.45, 2.75) is 40.0 Å². The smallest absolute Gasteiger partial charge is 0.166 e. The number of hydrogen-bond donors (Lipinski definition) is 3. The lowest BCUT2D eigenvalue weighted by atomic mass is 10.1.